The van der Waals surface area contributed by atoms with E-state index in [1.807, 2.05) is 0 Å². The van der Waals surface area contributed by atoms with Crippen molar-refractivity contribution in [1.82, 2.24) is 0 Å². The van der Waals surface area contributed by atoms with Crippen LogP contribution in [-0.2, 0) is 0 Å². The number of hydrogen-bond acceptors (Lipinski definition) is 0. The topological polar surface area (TPSA) is 0 Å². The van der Waals surface area contributed by atoms with Crippen molar-refractivity contribution in [2.75, 3.05) is 0 Å². The number of aryl methyl sites for hydroxylation is 3. The highest BCUT2D eigenvalue weighted by Crippen LogP contribution is 2.32. The second-order valence-electron chi connectivity index (χ2n) is 7.72. The maximum absolute atomic E-state index is 2.57. The third-order valence-electron chi connectivity index (χ3n) is 5.71. The maximum atomic E-state index is 2.57. The summed E-state index contributed by atoms with van der Waals surface area (Å²) in [4.78, 5) is 0. The molecule has 2 rings (SSSR count). The third-order valence-corrected chi connectivity index (χ3v) is 9.62. The molecule has 2 atom stereocenters. The molecule has 0 saturated heterocycles. The van der Waals surface area contributed by atoms with Gasteiger partial charge in [0.2, 0.25) is 0 Å². The fourth-order valence-electron chi connectivity index (χ4n) is 4.39. The molecule has 1 aliphatic rings. The second-order valence-corrected chi connectivity index (χ2v) is 10.6. The first-order valence-corrected chi connectivity index (χ1v) is 11.9. The van der Waals surface area contributed by atoms with Gasteiger partial charge >= 0.3 is 0 Å². The minimum absolute atomic E-state index is 0.714. The van der Waals surface area contributed by atoms with Crippen molar-refractivity contribution >= 4 is 14.0 Å². The summed E-state index contributed by atoms with van der Waals surface area (Å²) in [6, 6.07) is 6.24. The molecule has 0 aromatic heterocycles. The molecule has 0 N–H and O–H groups in total. The zero-order valence-corrected chi connectivity index (χ0v) is 17.9. The molecule has 0 spiro atoms. The predicted molar refractivity (Wildman–Crippen MR) is 112 cm³/mol. The van der Waals surface area contributed by atoms with Gasteiger partial charge in [-0.2, -0.15) is 0 Å². The molecular weight excluding hydrogens is 304 g/mol. The van der Waals surface area contributed by atoms with E-state index in [1.54, 1.807) is 16.0 Å². The van der Waals surface area contributed by atoms with Crippen LogP contribution in [0.4, 0.5) is 0 Å². The Labute approximate surface area is 151 Å². The summed E-state index contributed by atoms with van der Waals surface area (Å²) in [5.74, 6) is 0.714. The monoisotopic (exact) mass is 340 g/mol. The molecule has 0 bridgehead atoms. The zero-order valence-electron chi connectivity index (χ0n) is 16.7. The van der Waals surface area contributed by atoms with Crippen LogP contribution in [0.5, 0.6) is 0 Å². The fraction of sp³-hybridized carbons (Fsp3) is 0.565. The average Bonchev–Trinajstić information content (AvgIpc) is 3.01. The summed E-state index contributed by atoms with van der Waals surface area (Å²) in [7, 11) is -1.11. The summed E-state index contributed by atoms with van der Waals surface area (Å²) in [5.41, 5.74) is 6.17. The second kappa shape index (κ2) is 8.85. The van der Waals surface area contributed by atoms with Crippen LogP contribution >= 0.6 is 0 Å². The van der Waals surface area contributed by atoms with E-state index in [2.05, 4.69) is 65.8 Å². The average molecular weight is 341 g/mol. The third kappa shape index (κ3) is 4.30. The normalized spacial score (nSPS) is 16.8. The van der Waals surface area contributed by atoms with Gasteiger partial charge < -0.3 is 0 Å². The van der Waals surface area contributed by atoms with Gasteiger partial charge in [0.05, 0.1) is 0 Å². The van der Waals surface area contributed by atoms with Crippen LogP contribution in [0.2, 0.25) is 6.04 Å². The minimum Gasteiger partial charge on any atom is -0.0811 e. The first-order valence-electron chi connectivity index (χ1n) is 9.97. The first-order chi connectivity index (χ1) is 11.5. The molecule has 24 heavy (non-hydrogen) atoms. The van der Waals surface area contributed by atoms with Crippen molar-refractivity contribution in [3.8, 4) is 0 Å². The molecule has 1 aromatic rings. The Morgan fingerprint density at radius 1 is 1.00 bits per heavy atom. The number of unbranched alkanes of at least 4 members (excludes halogenated alkanes) is 2. The van der Waals surface area contributed by atoms with Crippen molar-refractivity contribution in [3.63, 3.8) is 0 Å². The van der Waals surface area contributed by atoms with Gasteiger partial charge in [0.15, 0.2) is 0 Å². The van der Waals surface area contributed by atoms with E-state index in [-0.39, 0.29) is 0 Å². The van der Waals surface area contributed by atoms with Crippen LogP contribution in [0.1, 0.15) is 69.6 Å². The van der Waals surface area contributed by atoms with E-state index < -0.39 is 8.80 Å². The number of hydrogen-bond donors (Lipinski definition) is 0. The predicted octanol–water partition coefficient (Wildman–Crippen LogP) is 6.08. The number of benzene rings is 1. The molecule has 0 aliphatic heterocycles. The fourth-order valence-corrected chi connectivity index (χ4v) is 8.49. The van der Waals surface area contributed by atoms with Crippen LogP contribution in [0.25, 0.3) is 0 Å². The molecule has 1 heteroatoms. The quantitative estimate of drug-likeness (QED) is 0.397. The van der Waals surface area contributed by atoms with Crippen molar-refractivity contribution in [3.05, 3.63) is 51.7 Å². The summed E-state index contributed by atoms with van der Waals surface area (Å²) in [6.45, 7) is 14.0. The zero-order chi connectivity index (χ0) is 17.7. The Balaban J connectivity index is 2.41. The van der Waals surface area contributed by atoms with Gasteiger partial charge in [-0.3, -0.25) is 0 Å². The van der Waals surface area contributed by atoms with E-state index in [4.69, 9.17) is 0 Å². The van der Waals surface area contributed by atoms with Gasteiger partial charge in [0.1, 0.15) is 8.80 Å². The lowest BCUT2D eigenvalue weighted by Gasteiger charge is -2.26. The molecule has 0 nitrogen and oxygen atoms in total. The van der Waals surface area contributed by atoms with Crippen molar-refractivity contribution in [1.29, 1.82) is 0 Å². The summed E-state index contributed by atoms with van der Waals surface area (Å²) >= 11 is 0. The van der Waals surface area contributed by atoms with Gasteiger partial charge in [-0.1, -0.05) is 97.4 Å². The summed E-state index contributed by atoms with van der Waals surface area (Å²) in [6.07, 6.45) is 11.6. The largest absolute Gasteiger partial charge is 0.103 e. The lowest BCUT2D eigenvalue weighted by atomic mass is 10.00. The van der Waals surface area contributed by atoms with Crippen LogP contribution in [0, 0.1) is 26.7 Å². The molecule has 0 fully saturated rings. The Bertz CT molecular complexity index is 598. The van der Waals surface area contributed by atoms with Crippen LogP contribution in [-0.4, -0.2) is 8.80 Å². The molecular formula is C23H36Si. The lowest BCUT2D eigenvalue weighted by molar-refractivity contribution is 0.668. The molecule has 132 valence electrons. The highest BCUT2D eigenvalue weighted by Gasteiger charge is 2.27. The maximum Gasteiger partial charge on any atom is 0.103 e. The standard InChI is InChI=1S/C23H36Si/c1-7-9-10-14-24(22-13-11-12-21(22)18(4)8-2)23-19(5)15-17(3)16-20(23)6/h12-13,15-16,18,24H,7-11,14H2,1-6H3. The summed E-state index contributed by atoms with van der Waals surface area (Å²) < 4.78 is 0. The Hall–Kier alpha value is -1.08. The van der Waals surface area contributed by atoms with Crippen LogP contribution in [0.3, 0.4) is 0 Å². The van der Waals surface area contributed by atoms with Crippen molar-refractivity contribution < 1.29 is 0 Å². The van der Waals surface area contributed by atoms with Gasteiger partial charge in [-0.05, 0) is 45.1 Å². The molecule has 0 radical (unpaired) electrons. The van der Waals surface area contributed by atoms with E-state index in [0.29, 0.717) is 5.92 Å². The Morgan fingerprint density at radius 3 is 2.25 bits per heavy atom. The van der Waals surface area contributed by atoms with Crippen LogP contribution < -0.4 is 5.19 Å². The van der Waals surface area contributed by atoms with Gasteiger partial charge in [0.25, 0.3) is 0 Å². The lowest BCUT2D eigenvalue weighted by Crippen LogP contribution is -2.37. The Kier molecular flexibility index (Phi) is 7.10. The van der Waals surface area contributed by atoms with Gasteiger partial charge in [-0.15, -0.1) is 0 Å². The smallest absolute Gasteiger partial charge is 0.0811 e. The number of rotatable bonds is 8. The molecule has 1 aliphatic carbocycles. The van der Waals surface area contributed by atoms with Crippen molar-refractivity contribution in [2.24, 2.45) is 5.92 Å². The SMILES string of the molecule is CCCCC[SiH](C1=CCC=C1C(C)CC)c1c(C)cc(C)cc1C. The molecule has 2 unspecified atom stereocenters. The van der Waals surface area contributed by atoms with E-state index >= 15 is 0 Å². The highest BCUT2D eigenvalue weighted by atomic mass is 28.3. The molecule has 0 saturated carbocycles. The van der Waals surface area contributed by atoms with Crippen LogP contribution in [0.15, 0.2) is 35.1 Å². The molecule has 0 amide bonds. The van der Waals surface area contributed by atoms with Gasteiger partial charge in [-0.25, -0.2) is 0 Å². The highest BCUT2D eigenvalue weighted by molar-refractivity contribution is 6.81. The minimum atomic E-state index is -1.11. The first kappa shape index (κ1) is 19.2. The Morgan fingerprint density at radius 2 is 1.67 bits per heavy atom. The summed E-state index contributed by atoms with van der Waals surface area (Å²) in [5, 5.41) is 3.51. The van der Waals surface area contributed by atoms with E-state index in [9.17, 15) is 0 Å². The van der Waals surface area contributed by atoms with Gasteiger partial charge in [0, 0.05) is 0 Å². The molecule has 0 heterocycles. The van der Waals surface area contributed by atoms with E-state index in [0.717, 1.165) is 6.42 Å². The molecule has 1 aromatic carbocycles. The number of allylic oxidation sites excluding steroid dienone is 4. The van der Waals surface area contributed by atoms with Crippen molar-refractivity contribution in [2.45, 2.75) is 79.7 Å². The van der Waals surface area contributed by atoms with E-state index in [1.165, 1.54) is 48.4 Å².